The second-order valence-electron chi connectivity index (χ2n) is 1.91. The molecule has 4 heteroatoms. The van der Waals surface area contributed by atoms with E-state index in [4.69, 9.17) is 0 Å². The van der Waals surface area contributed by atoms with Crippen LogP contribution in [-0.4, -0.2) is 9.78 Å². The lowest BCUT2D eigenvalue weighted by molar-refractivity contribution is 0.645. The molecule has 0 saturated heterocycles. The van der Waals surface area contributed by atoms with Gasteiger partial charge >= 0.3 is 0 Å². The molecule has 2 nitrogen and oxygen atoms in total. The number of alkyl halides is 1. The zero-order chi connectivity index (χ0) is 7.56. The van der Waals surface area contributed by atoms with E-state index >= 15 is 0 Å². The van der Waals surface area contributed by atoms with Gasteiger partial charge in [0.2, 0.25) is 0 Å². The van der Waals surface area contributed by atoms with E-state index in [9.17, 15) is 0 Å². The molecule has 0 radical (unpaired) electrons. The molecule has 1 rings (SSSR count). The van der Waals surface area contributed by atoms with Crippen LogP contribution in [0.2, 0.25) is 0 Å². The van der Waals surface area contributed by atoms with E-state index in [2.05, 4.69) is 43.9 Å². The highest BCUT2D eigenvalue weighted by atomic mass is 79.9. The Kier molecular flexibility index (Phi) is 2.92. The zero-order valence-electron chi connectivity index (χ0n) is 5.64. The highest BCUT2D eigenvalue weighted by molar-refractivity contribution is 9.10. The number of nitrogens with zero attached hydrogens (tertiary/aromatic N) is 2. The van der Waals surface area contributed by atoms with Crippen LogP contribution < -0.4 is 0 Å². The minimum atomic E-state index is 0.855. The summed E-state index contributed by atoms with van der Waals surface area (Å²) in [6.07, 6.45) is 1.86. The van der Waals surface area contributed by atoms with Gasteiger partial charge in [-0.25, -0.2) is 0 Å². The molecule has 0 aromatic carbocycles. The molecule has 1 heterocycles. The molecule has 0 N–H and O–H groups in total. The van der Waals surface area contributed by atoms with Gasteiger partial charge in [-0.15, -0.1) is 0 Å². The molecule has 1 aromatic rings. The standard InChI is InChI=1S/C6H8Br2N2/c1-2-10-6(8)5(3-7)4-9-10/h4H,2-3H2,1H3. The van der Waals surface area contributed by atoms with Crippen LogP contribution in [0.1, 0.15) is 12.5 Å². The third-order valence-corrected chi connectivity index (χ3v) is 2.81. The van der Waals surface area contributed by atoms with Crippen molar-refractivity contribution >= 4 is 31.9 Å². The van der Waals surface area contributed by atoms with Crippen molar-refractivity contribution in [3.05, 3.63) is 16.4 Å². The molecule has 10 heavy (non-hydrogen) atoms. The molecular weight excluding hydrogens is 260 g/mol. The lowest BCUT2D eigenvalue weighted by Crippen LogP contribution is -1.95. The van der Waals surface area contributed by atoms with Crippen molar-refractivity contribution in [2.24, 2.45) is 0 Å². The maximum atomic E-state index is 4.14. The van der Waals surface area contributed by atoms with Crippen LogP contribution in [0.4, 0.5) is 0 Å². The summed E-state index contributed by atoms with van der Waals surface area (Å²) in [5.74, 6) is 0. The van der Waals surface area contributed by atoms with Crippen molar-refractivity contribution in [2.75, 3.05) is 0 Å². The minimum absolute atomic E-state index is 0.855. The largest absolute Gasteiger partial charge is 0.258 e. The Hall–Kier alpha value is 0.170. The van der Waals surface area contributed by atoms with E-state index in [1.807, 2.05) is 10.9 Å². The van der Waals surface area contributed by atoms with E-state index in [0.29, 0.717) is 0 Å². The van der Waals surface area contributed by atoms with Gasteiger partial charge < -0.3 is 0 Å². The Morgan fingerprint density at radius 3 is 2.70 bits per heavy atom. The fourth-order valence-corrected chi connectivity index (χ4v) is 2.09. The van der Waals surface area contributed by atoms with Crippen molar-refractivity contribution in [3.63, 3.8) is 0 Å². The Morgan fingerprint density at radius 1 is 1.70 bits per heavy atom. The monoisotopic (exact) mass is 266 g/mol. The van der Waals surface area contributed by atoms with Gasteiger partial charge in [0.15, 0.2) is 0 Å². The third-order valence-electron chi connectivity index (χ3n) is 1.29. The zero-order valence-corrected chi connectivity index (χ0v) is 8.81. The number of halogens is 2. The lowest BCUT2D eigenvalue weighted by Gasteiger charge is -1.96. The van der Waals surface area contributed by atoms with Crippen molar-refractivity contribution < 1.29 is 0 Å². The predicted octanol–water partition coefficient (Wildman–Crippen LogP) is 2.56. The lowest BCUT2D eigenvalue weighted by atomic mass is 10.4. The van der Waals surface area contributed by atoms with Crippen LogP contribution in [0.5, 0.6) is 0 Å². The van der Waals surface area contributed by atoms with Gasteiger partial charge in [0.1, 0.15) is 4.60 Å². The summed E-state index contributed by atoms with van der Waals surface area (Å²) >= 11 is 6.81. The number of hydrogen-bond acceptors (Lipinski definition) is 1. The van der Waals surface area contributed by atoms with Crippen LogP contribution in [0.15, 0.2) is 10.8 Å². The summed E-state index contributed by atoms with van der Waals surface area (Å²) in [5.41, 5.74) is 1.20. The Balaban J connectivity index is 2.97. The summed E-state index contributed by atoms with van der Waals surface area (Å²) in [7, 11) is 0. The molecule has 0 spiro atoms. The maximum absolute atomic E-state index is 4.14. The first-order valence-electron chi connectivity index (χ1n) is 3.05. The average Bonchev–Trinajstić information content (AvgIpc) is 2.30. The molecular formula is C6H8Br2N2. The van der Waals surface area contributed by atoms with Crippen LogP contribution in [0.3, 0.4) is 0 Å². The van der Waals surface area contributed by atoms with Crippen molar-refractivity contribution in [2.45, 2.75) is 18.8 Å². The summed E-state index contributed by atoms with van der Waals surface area (Å²) < 4.78 is 2.99. The van der Waals surface area contributed by atoms with Gasteiger partial charge in [0.25, 0.3) is 0 Å². The molecule has 0 atom stereocenters. The minimum Gasteiger partial charge on any atom is -0.258 e. The summed E-state index contributed by atoms with van der Waals surface area (Å²) in [6, 6.07) is 0. The van der Waals surface area contributed by atoms with E-state index in [0.717, 1.165) is 16.5 Å². The molecule has 1 aromatic heterocycles. The van der Waals surface area contributed by atoms with Crippen LogP contribution >= 0.6 is 31.9 Å². The number of aromatic nitrogens is 2. The molecule has 0 aliphatic carbocycles. The summed E-state index contributed by atoms with van der Waals surface area (Å²) in [4.78, 5) is 0. The molecule has 0 amide bonds. The van der Waals surface area contributed by atoms with Crippen LogP contribution in [0, 0.1) is 0 Å². The Morgan fingerprint density at radius 2 is 2.40 bits per heavy atom. The summed E-state index contributed by atoms with van der Waals surface area (Å²) in [6.45, 7) is 2.98. The van der Waals surface area contributed by atoms with Gasteiger partial charge in [0, 0.05) is 17.4 Å². The predicted molar refractivity (Wildman–Crippen MR) is 48.2 cm³/mol. The van der Waals surface area contributed by atoms with Crippen molar-refractivity contribution in [3.8, 4) is 0 Å². The normalized spacial score (nSPS) is 10.3. The quantitative estimate of drug-likeness (QED) is 0.753. The second kappa shape index (κ2) is 3.53. The van der Waals surface area contributed by atoms with Crippen LogP contribution in [0.25, 0.3) is 0 Å². The van der Waals surface area contributed by atoms with Gasteiger partial charge in [-0.1, -0.05) is 15.9 Å². The van der Waals surface area contributed by atoms with E-state index in [-0.39, 0.29) is 0 Å². The maximum Gasteiger partial charge on any atom is 0.108 e. The van der Waals surface area contributed by atoms with Crippen LogP contribution in [-0.2, 0) is 11.9 Å². The highest BCUT2D eigenvalue weighted by Crippen LogP contribution is 2.18. The van der Waals surface area contributed by atoms with Gasteiger partial charge in [-0.2, -0.15) is 5.10 Å². The molecule has 56 valence electrons. The van der Waals surface area contributed by atoms with E-state index < -0.39 is 0 Å². The molecule has 0 saturated carbocycles. The SMILES string of the molecule is CCn1ncc(CBr)c1Br. The summed E-state index contributed by atoms with van der Waals surface area (Å²) in [5, 5.41) is 5.00. The first-order valence-corrected chi connectivity index (χ1v) is 4.97. The first kappa shape index (κ1) is 8.27. The number of hydrogen-bond donors (Lipinski definition) is 0. The highest BCUT2D eigenvalue weighted by Gasteiger charge is 2.03. The molecule has 0 bridgehead atoms. The fourth-order valence-electron chi connectivity index (χ4n) is 0.719. The van der Waals surface area contributed by atoms with Gasteiger partial charge in [-0.05, 0) is 22.9 Å². The Bertz CT molecular complexity index is 198. The fraction of sp³-hybridized carbons (Fsp3) is 0.500. The van der Waals surface area contributed by atoms with Crippen molar-refractivity contribution in [1.29, 1.82) is 0 Å². The average molecular weight is 268 g/mol. The number of rotatable bonds is 2. The van der Waals surface area contributed by atoms with E-state index in [1.54, 1.807) is 0 Å². The molecule has 0 unspecified atom stereocenters. The van der Waals surface area contributed by atoms with Crippen molar-refractivity contribution in [1.82, 2.24) is 9.78 Å². The number of aryl methyl sites for hydroxylation is 1. The third kappa shape index (κ3) is 1.42. The molecule has 0 fully saturated rings. The first-order chi connectivity index (χ1) is 4.79. The van der Waals surface area contributed by atoms with E-state index in [1.165, 1.54) is 5.56 Å². The Labute approximate surface area is 76.9 Å². The van der Waals surface area contributed by atoms with Gasteiger partial charge in [-0.3, -0.25) is 4.68 Å². The molecule has 0 aliphatic rings. The second-order valence-corrected chi connectivity index (χ2v) is 3.22. The topological polar surface area (TPSA) is 17.8 Å². The smallest absolute Gasteiger partial charge is 0.108 e. The molecule has 0 aliphatic heterocycles. The van der Waals surface area contributed by atoms with Gasteiger partial charge in [0.05, 0.1) is 6.20 Å².